The summed E-state index contributed by atoms with van der Waals surface area (Å²) in [4.78, 5) is 14.1. The summed E-state index contributed by atoms with van der Waals surface area (Å²) in [6, 6.07) is 9.06. The largest absolute Gasteiger partial charge is 0.347 e. The minimum atomic E-state index is -0.959. The summed E-state index contributed by atoms with van der Waals surface area (Å²) in [6.45, 7) is 1.40. The number of carbonyl (C=O) groups excluding carboxylic acids is 1. The molecule has 1 aromatic rings. The molecule has 1 saturated heterocycles. The molecule has 104 valence electrons. The van der Waals surface area contributed by atoms with Crippen molar-refractivity contribution in [3.63, 3.8) is 0 Å². The number of likely N-dealkylation sites (tertiary alicyclic amines) is 1. The lowest BCUT2D eigenvalue weighted by Gasteiger charge is -2.20. The highest BCUT2D eigenvalue weighted by atomic mass is 35.5. The van der Waals surface area contributed by atoms with Crippen LogP contribution in [0.5, 0.6) is 0 Å². The van der Waals surface area contributed by atoms with Crippen molar-refractivity contribution in [3.05, 3.63) is 29.3 Å². The van der Waals surface area contributed by atoms with Gasteiger partial charge in [-0.3, -0.25) is 4.79 Å². The Balaban J connectivity index is 2.08. The number of hydrogen-bond acceptors (Lipinski definition) is 3. The summed E-state index contributed by atoms with van der Waals surface area (Å²) in [5, 5.41) is 12.6. The van der Waals surface area contributed by atoms with E-state index in [1.165, 1.54) is 0 Å². The standard InChI is InChI=1S/C14H14ClN3OS/c15-11-5-1-2-6-12(11)17-13(20)10(9-16)14(19)18-7-3-4-8-18/h1-2,5-6,10H,3-4,7-8H2,(H,17,20). The molecule has 0 aliphatic carbocycles. The van der Waals surface area contributed by atoms with Gasteiger partial charge < -0.3 is 10.2 Å². The van der Waals surface area contributed by atoms with Gasteiger partial charge >= 0.3 is 0 Å². The number of nitrogens with one attached hydrogen (secondary N) is 1. The third-order valence-electron chi connectivity index (χ3n) is 3.19. The van der Waals surface area contributed by atoms with E-state index in [4.69, 9.17) is 23.8 Å². The summed E-state index contributed by atoms with van der Waals surface area (Å²) in [6.07, 6.45) is 1.96. The lowest BCUT2D eigenvalue weighted by atomic mass is 10.1. The number of nitriles is 1. The number of halogens is 1. The smallest absolute Gasteiger partial charge is 0.246 e. The second kappa shape index (κ2) is 6.69. The zero-order valence-corrected chi connectivity index (χ0v) is 12.4. The highest BCUT2D eigenvalue weighted by molar-refractivity contribution is 7.80. The molecule has 1 aliphatic heterocycles. The van der Waals surface area contributed by atoms with Crippen LogP contribution in [0.2, 0.25) is 5.02 Å². The van der Waals surface area contributed by atoms with E-state index < -0.39 is 5.92 Å². The number of benzene rings is 1. The number of nitrogens with zero attached hydrogens (tertiary/aromatic N) is 2. The van der Waals surface area contributed by atoms with Crippen LogP contribution in [0, 0.1) is 17.2 Å². The van der Waals surface area contributed by atoms with Crippen molar-refractivity contribution in [2.24, 2.45) is 5.92 Å². The van der Waals surface area contributed by atoms with Crippen LogP contribution in [0.15, 0.2) is 24.3 Å². The molecule has 1 amide bonds. The molecule has 0 aromatic heterocycles. The van der Waals surface area contributed by atoms with Gasteiger partial charge in [0.1, 0.15) is 4.99 Å². The van der Waals surface area contributed by atoms with Gasteiger partial charge in [0.15, 0.2) is 5.92 Å². The number of para-hydroxylation sites is 1. The Kier molecular flexibility index (Phi) is 4.94. The zero-order valence-electron chi connectivity index (χ0n) is 10.8. The normalized spacial score (nSPS) is 15.5. The van der Waals surface area contributed by atoms with E-state index >= 15 is 0 Å². The van der Waals surface area contributed by atoms with Crippen molar-refractivity contribution in [1.29, 1.82) is 5.26 Å². The summed E-state index contributed by atoms with van der Waals surface area (Å²) in [5.41, 5.74) is 0.605. The monoisotopic (exact) mass is 307 g/mol. The van der Waals surface area contributed by atoms with Crippen LogP contribution in [0.25, 0.3) is 0 Å². The fraction of sp³-hybridized carbons (Fsp3) is 0.357. The first-order chi connectivity index (χ1) is 9.63. The third-order valence-corrected chi connectivity index (χ3v) is 3.86. The minimum Gasteiger partial charge on any atom is -0.347 e. The SMILES string of the molecule is N#CC(C(=O)N1CCCC1)C(=S)Nc1ccccc1Cl. The van der Waals surface area contributed by atoms with Crippen LogP contribution < -0.4 is 5.32 Å². The van der Waals surface area contributed by atoms with Crippen LogP contribution in [-0.2, 0) is 4.79 Å². The molecule has 1 aliphatic rings. The van der Waals surface area contributed by atoms with E-state index in [2.05, 4.69) is 5.32 Å². The molecule has 1 aromatic carbocycles. The topological polar surface area (TPSA) is 56.1 Å². The van der Waals surface area contributed by atoms with Gasteiger partial charge in [-0.1, -0.05) is 36.0 Å². The summed E-state index contributed by atoms with van der Waals surface area (Å²) in [7, 11) is 0. The van der Waals surface area contributed by atoms with Gasteiger partial charge in [-0.25, -0.2) is 0 Å². The third kappa shape index (κ3) is 3.27. The highest BCUT2D eigenvalue weighted by Gasteiger charge is 2.29. The lowest BCUT2D eigenvalue weighted by molar-refractivity contribution is -0.130. The van der Waals surface area contributed by atoms with E-state index in [0.717, 1.165) is 12.8 Å². The maximum atomic E-state index is 12.2. The predicted octanol–water partition coefficient (Wildman–Crippen LogP) is 2.84. The Morgan fingerprint density at radius 1 is 1.40 bits per heavy atom. The maximum absolute atomic E-state index is 12.2. The second-order valence-corrected chi connectivity index (χ2v) is 5.41. The molecule has 0 saturated carbocycles. The Bertz CT molecular complexity index is 564. The Morgan fingerprint density at radius 3 is 2.65 bits per heavy atom. The summed E-state index contributed by atoms with van der Waals surface area (Å²) >= 11 is 11.2. The molecule has 1 atom stereocenters. The van der Waals surface area contributed by atoms with Crippen LogP contribution in [0.1, 0.15) is 12.8 Å². The lowest BCUT2D eigenvalue weighted by Crippen LogP contribution is -2.38. The molecule has 2 rings (SSSR count). The van der Waals surface area contributed by atoms with E-state index in [9.17, 15) is 10.1 Å². The Hall–Kier alpha value is -1.64. The minimum absolute atomic E-state index is 0.192. The number of amides is 1. The molecule has 0 bridgehead atoms. The molecule has 0 spiro atoms. The first-order valence-corrected chi connectivity index (χ1v) is 7.16. The van der Waals surface area contributed by atoms with Crippen LogP contribution in [0.4, 0.5) is 5.69 Å². The molecule has 1 unspecified atom stereocenters. The maximum Gasteiger partial charge on any atom is 0.246 e. The second-order valence-electron chi connectivity index (χ2n) is 4.56. The molecule has 6 heteroatoms. The fourth-order valence-electron chi connectivity index (χ4n) is 2.11. The van der Waals surface area contributed by atoms with Gasteiger partial charge in [0.2, 0.25) is 5.91 Å². The summed E-state index contributed by atoms with van der Waals surface area (Å²) in [5.74, 6) is -1.19. The first-order valence-electron chi connectivity index (χ1n) is 6.37. The molecule has 1 fully saturated rings. The number of hydrogen-bond donors (Lipinski definition) is 1. The van der Waals surface area contributed by atoms with Crippen molar-refractivity contribution in [3.8, 4) is 6.07 Å². The predicted molar refractivity (Wildman–Crippen MR) is 82.6 cm³/mol. The van der Waals surface area contributed by atoms with Crippen molar-refractivity contribution in [2.45, 2.75) is 12.8 Å². The number of anilines is 1. The zero-order chi connectivity index (χ0) is 14.5. The molecular weight excluding hydrogens is 294 g/mol. The van der Waals surface area contributed by atoms with Crippen molar-refractivity contribution >= 4 is 40.4 Å². The van der Waals surface area contributed by atoms with E-state index in [0.29, 0.717) is 23.8 Å². The van der Waals surface area contributed by atoms with Crippen molar-refractivity contribution in [1.82, 2.24) is 4.90 Å². The average Bonchev–Trinajstić information content (AvgIpc) is 2.96. The van der Waals surface area contributed by atoms with E-state index in [1.807, 2.05) is 6.07 Å². The first kappa shape index (κ1) is 14.8. The quantitative estimate of drug-likeness (QED) is 0.872. The number of rotatable bonds is 3. The molecule has 0 radical (unpaired) electrons. The number of thiocarbonyl (C=S) groups is 1. The van der Waals surface area contributed by atoms with Gasteiger partial charge in [-0.15, -0.1) is 0 Å². The van der Waals surface area contributed by atoms with Crippen molar-refractivity contribution in [2.75, 3.05) is 18.4 Å². The van der Waals surface area contributed by atoms with Crippen LogP contribution in [0.3, 0.4) is 0 Å². The van der Waals surface area contributed by atoms with Gasteiger partial charge in [0.05, 0.1) is 16.8 Å². The van der Waals surface area contributed by atoms with Gasteiger partial charge in [-0.2, -0.15) is 5.26 Å². The molecule has 1 heterocycles. The van der Waals surface area contributed by atoms with Gasteiger partial charge in [-0.05, 0) is 25.0 Å². The molecule has 1 N–H and O–H groups in total. The van der Waals surface area contributed by atoms with Gasteiger partial charge in [0.25, 0.3) is 0 Å². The molecular formula is C14H14ClN3OS. The van der Waals surface area contributed by atoms with Crippen LogP contribution >= 0.6 is 23.8 Å². The van der Waals surface area contributed by atoms with Crippen molar-refractivity contribution < 1.29 is 4.79 Å². The van der Waals surface area contributed by atoms with Crippen LogP contribution in [-0.4, -0.2) is 28.9 Å². The Labute approximate surface area is 128 Å². The molecule has 20 heavy (non-hydrogen) atoms. The number of carbonyl (C=O) groups is 1. The van der Waals surface area contributed by atoms with E-state index in [1.54, 1.807) is 29.2 Å². The highest BCUT2D eigenvalue weighted by Crippen LogP contribution is 2.22. The molecule has 4 nitrogen and oxygen atoms in total. The average molecular weight is 308 g/mol. The van der Waals surface area contributed by atoms with Gasteiger partial charge in [0, 0.05) is 13.1 Å². The fourth-order valence-corrected chi connectivity index (χ4v) is 2.56. The van der Waals surface area contributed by atoms with E-state index in [-0.39, 0.29) is 10.9 Å². The Morgan fingerprint density at radius 2 is 2.05 bits per heavy atom. The summed E-state index contributed by atoms with van der Waals surface area (Å²) < 4.78 is 0.